The number of fused-ring (bicyclic) bond motifs is 3. The number of phenols is 1. The monoisotopic (exact) mass is 621 g/mol. The maximum Gasteiger partial charge on any atom is 0.417 e. The molecule has 4 aliphatic carbocycles. The van der Waals surface area contributed by atoms with Crippen molar-refractivity contribution in [3.63, 3.8) is 0 Å². The number of likely N-dealkylation sites (N-methyl/N-ethyl adjacent to an activating group) is 1. The average molecular weight is 622 g/mol. The van der Waals surface area contributed by atoms with Gasteiger partial charge in [-0.1, -0.05) is 25.7 Å². The van der Waals surface area contributed by atoms with Gasteiger partial charge < -0.3 is 31.5 Å². The summed E-state index contributed by atoms with van der Waals surface area (Å²) in [5, 5.41) is 47.9. The molecular weight excluding hydrogens is 583 g/mol. The second-order valence-corrected chi connectivity index (χ2v) is 12.7. The average Bonchev–Trinajstić information content (AvgIpc) is 3.18. The lowest BCUT2D eigenvalue weighted by molar-refractivity contribution is -0.153. The molecule has 2 fully saturated rings. The first-order valence-corrected chi connectivity index (χ1v) is 14.9. The van der Waals surface area contributed by atoms with Gasteiger partial charge in [-0.15, -0.1) is 0 Å². The molecule has 0 aromatic heterocycles. The van der Waals surface area contributed by atoms with Gasteiger partial charge in [0.1, 0.15) is 22.8 Å². The van der Waals surface area contributed by atoms with E-state index in [4.69, 9.17) is 5.73 Å². The number of aliphatic hydroxyl groups excluding tert-OH is 2. The number of hydrogen-bond acceptors (Lipinski definition) is 9. The zero-order valence-corrected chi connectivity index (χ0v) is 24.6. The van der Waals surface area contributed by atoms with Crippen LogP contribution in [0.4, 0.5) is 13.2 Å². The highest BCUT2D eigenvalue weighted by atomic mass is 19.4. The van der Waals surface area contributed by atoms with Crippen molar-refractivity contribution >= 4 is 23.2 Å². The number of ketones is 2. The third-order valence-corrected chi connectivity index (χ3v) is 9.81. The summed E-state index contributed by atoms with van der Waals surface area (Å²) >= 11 is 0. The minimum absolute atomic E-state index is 0.179. The molecule has 0 aliphatic heterocycles. The van der Waals surface area contributed by atoms with Crippen molar-refractivity contribution in [1.82, 2.24) is 10.2 Å². The molecule has 240 valence electrons. The number of alkyl halides is 3. The number of benzene rings is 1. The Balaban J connectivity index is 1.60. The van der Waals surface area contributed by atoms with Crippen LogP contribution < -0.4 is 11.1 Å². The van der Waals surface area contributed by atoms with Gasteiger partial charge in [0.15, 0.2) is 11.4 Å². The fourth-order valence-electron chi connectivity index (χ4n) is 7.85. The Morgan fingerprint density at radius 1 is 1.11 bits per heavy atom. The predicted molar refractivity (Wildman–Crippen MR) is 152 cm³/mol. The highest BCUT2D eigenvalue weighted by Gasteiger charge is 2.64. The van der Waals surface area contributed by atoms with Crippen LogP contribution in [0.3, 0.4) is 0 Å². The highest BCUT2D eigenvalue weighted by Crippen LogP contribution is 2.54. The van der Waals surface area contributed by atoms with E-state index in [2.05, 4.69) is 5.32 Å². The van der Waals surface area contributed by atoms with E-state index in [-0.39, 0.29) is 18.5 Å². The minimum Gasteiger partial charge on any atom is -0.508 e. The Labute approximate surface area is 252 Å². The number of aromatic hydroxyl groups is 1. The molecule has 0 spiro atoms. The van der Waals surface area contributed by atoms with Crippen LogP contribution in [0.15, 0.2) is 23.0 Å². The number of rotatable bonds is 6. The lowest BCUT2D eigenvalue weighted by atomic mass is 9.57. The van der Waals surface area contributed by atoms with E-state index in [1.165, 1.54) is 19.0 Å². The molecule has 4 aliphatic rings. The molecule has 0 heterocycles. The maximum absolute atomic E-state index is 14.7. The van der Waals surface area contributed by atoms with Crippen LogP contribution in [0.5, 0.6) is 5.75 Å². The Morgan fingerprint density at radius 3 is 2.32 bits per heavy atom. The molecule has 10 nitrogen and oxygen atoms in total. The van der Waals surface area contributed by atoms with Crippen molar-refractivity contribution in [1.29, 1.82) is 0 Å². The van der Waals surface area contributed by atoms with Crippen molar-refractivity contribution in [2.75, 3.05) is 20.6 Å². The lowest BCUT2D eigenvalue weighted by Gasteiger charge is -2.50. The SMILES string of the molecule is CN(C)[C@@H]1C(=O)C(C(N)=O)=C(O)[C@@]2(O)C(=O)C3=C(O)c4c(O)cc(CNCC5CCCCCC5)c(C(F)(F)F)c4C[C@H]3C[C@@H]12. The summed E-state index contributed by atoms with van der Waals surface area (Å²) in [4.78, 5) is 40.6. The number of amides is 1. The van der Waals surface area contributed by atoms with Gasteiger partial charge in [-0.05, 0) is 75.4 Å². The standard InChI is InChI=1S/C31H38F3N3O7/c1-37(2)24-18-10-15-9-17-21(25(39)20(15)27(41)30(18,44)28(42)22(26(24)40)29(35)43)19(38)11-16(23(17)31(32,33)34)13-36-12-14-7-5-3-4-6-8-14/h11,14-15,18,24,36,38-39,42,44H,3-10,12-13H2,1-2H3,(H2,35,43)/t15-,18-,24-,30-/m0/s1. The second kappa shape index (κ2) is 11.5. The van der Waals surface area contributed by atoms with Crippen LogP contribution in [-0.2, 0) is 33.5 Å². The summed E-state index contributed by atoms with van der Waals surface area (Å²) in [6.45, 7) is 0.341. The molecule has 2 saturated carbocycles. The van der Waals surface area contributed by atoms with Crippen molar-refractivity contribution in [3.05, 3.63) is 45.2 Å². The number of Topliss-reactive ketones (excluding diaryl/α,β-unsaturated/α-hetero) is 2. The zero-order valence-electron chi connectivity index (χ0n) is 24.6. The number of hydrogen-bond donors (Lipinski definition) is 6. The van der Waals surface area contributed by atoms with Crippen LogP contribution in [0.1, 0.15) is 67.2 Å². The van der Waals surface area contributed by atoms with Crippen molar-refractivity contribution in [2.45, 2.75) is 75.7 Å². The summed E-state index contributed by atoms with van der Waals surface area (Å²) in [5.41, 5.74) is -1.23. The third-order valence-electron chi connectivity index (χ3n) is 9.81. The number of nitrogens with two attached hydrogens (primary N) is 1. The number of aliphatic hydroxyl groups is 3. The summed E-state index contributed by atoms with van der Waals surface area (Å²) in [6.07, 6.45) is 0.784. The van der Waals surface area contributed by atoms with Crippen molar-refractivity contribution in [3.8, 4) is 5.75 Å². The van der Waals surface area contributed by atoms with Crippen LogP contribution >= 0.6 is 0 Å². The van der Waals surface area contributed by atoms with Crippen LogP contribution in [0, 0.1) is 17.8 Å². The fourth-order valence-corrected chi connectivity index (χ4v) is 7.85. The summed E-state index contributed by atoms with van der Waals surface area (Å²) < 4.78 is 44.1. The van der Waals surface area contributed by atoms with E-state index in [9.17, 15) is 48.0 Å². The largest absolute Gasteiger partial charge is 0.508 e. The third kappa shape index (κ3) is 5.08. The van der Waals surface area contributed by atoms with E-state index in [1.54, 1.807) is 0 Å². The van der Waals surface area contributed by atoms with E-state index >= 15 is 0 Å². The van der Waals surface area contributed by atoms with Gasteiger partial charge in [0, 0.05) is 18.0 Å². The Morgan fingerprint density at radius 2 is 1.75 bits per heavy atom. The van der Waals surface area contributed by atoms with Crippen LogP contribution in [-0.4, -0.2) is 75.1 Å². The molecule has 5 rings (SSSR count). The molecule has 7 N–H and O–H groups in total. The van der Waals surface area contributed by atoms with Gasteiger partial charge in [-0.2, -0.15) is 13.2 Å². The molecular formula is C31H38F3N3O7. The quantitative estimate of drug-likeness (QED) is 0.206. The van der Waals surface area contributed by atoms with Gasteiger partial charge in [0.2, 0.25) is 5.78 Å². The topological polar surface area (TPSA) is 173 Å². The highest BCUT2D eigenvalue weighted by molar-refractivity contribution is 6.24. The Kier molecular flexibility index (Phi) is 8.36. The molecule has 4 atom stereocenters. The number of nitrogens with one attached hydrogen (secondary N) is 1. The summed E-state index contributed by atoms with van der Waals surface area (Å²) in [7, 11) is 2.89. The van der Waals surface area contributed by atoms with Gasteiger partial charge >= 0.3 is 6.18 Å². The smallest absolute Gasteiger partial charge is 0.417 e. The van der Waals surface area contributed by atoms with Crippen molar-refractivity contribution < 1.29 is 48.0 Å². The Bertz CT molecular complexity index is 1460. The molecule has 44 heavy (non-hydrogen) atoms. The normalized spacial score (nSPS) is 28.1. The Hall–Kier alpha value is -3.42. The molecule has 0 unspecified atom stereocenters. The molecule has 0 saturated heterocycles. The number of phenolic OH excluding ortho intramolecular Hbond substituents is 1. The first-order chi connectivity index (χ1) is 20.6. The lowest BCUT2D eigenvalue weighted by Crippen LogP contribution is -2.65. The zero-order chi connectivity index (χ0) is 32.3. The number of carbonyl (C=O) groups is 3. The molecule has 0 radical (unpaired) electrons. The van der Waals surface area contributed by atoms with Gasteiger partial charge in [-0.25, -0.2) is 0 Å². The second-order valence-electron chi connectivity index (χ2n) is 12.7. The first kappa shape index (κ1) is 32.0. The fraction of sp³-hybridized carbons (Fsp3) is 0.581. The number of nitrogens with zero attached hydrogens (tertiary/aromatic N) is 1. The molecule has 0 bridgehead atoms. The van der Waals surface area contributed by atoms with Gasteiger partial charge in [0.25, 0.3) is 5.91 Å². The molecule has 1 aromatic carbocycles. The number of carbonyl (C=O) groups excluding carboxylic acids is 3. The van der Waals surface area contributed by atoms with Gasteiger partial charge in [-0.3, -0.25) is 19.3 Å². The molecule has 1 amide bonds. The van der Waals surface area contributed by atoms with Crippen LogP contribution in [0.25, 0.3) is 5.76 Å². The van der Waals surface area contributed by atoms with E-state index in [0.29, 0.717) is 12.5 Å². The number of primary amides is 1. The minimum atomic E-state index is -4.88. The van der Waals surface area contributed by atoms with E-state index in [1.807, 2.05) is 0 Å². The van der Waals surface area contributed by atoms with E-state index < -0.39 is 98.7 Å². The summed E-state index contributed by atoms with van der Waals surface area (Å²) in [6, 6.07) is -0.407. The van der Waals surface area contributed by atoms with Gasteiger partial charge in [0.05, 0.1) is 17.2 Å². The van der Waals surface area contributed by atoms with Crippen molar-refractivity contribution in [2.24, 2.45) is 23.5 Å². The molecule has 13 heteroatoms. The predicted octanol–water partition coefficient (Wildman–Crippen LogP) is 3.04. The van der Waals surface area contributed by atoms with E-state index in [0.717, 1.165) is 44.6 Å². The number of halogens is 3. The maximum atomic E-state index is 14.7. The van der Waals surface area contributed by atoms with Crippen LogP contribution in [0.2, 0.25) is 0 Å². The summed E-state index contributed by atoms with van der Waals surface area (Å²) in [5.74, 6) is -8.63. The first-order valence-electron chi connectivity index (χ1n) is 14.9. The molecule has 1 aromatic rings.